The number of carboxylic acids is 1. The van der Waals surface area contributed by atoms with Crippen LogP contribution in [0.3, 0.4) is 0 Å². The van der Waals surface area contributed by atoms with Crippen molar-refractivity contribution in [2.45, 2.75) is 19.4 Å². The summed E-state index contributed by atoms with van der Waals surface area (Å²) in [4.78, 5) is 14.4. The monoisotopic (exact) mass is 373 g/mol. The summed E-state index contributed by atoms with van der Waals surface area (Å²) in [6.45, 7) is 1.63. The minimum atomic E-state index is -0.999. The van der Waals surface area contributed by atoms with Gasteiger partial charge in [0.05, 0.1) is 7.11 Å². The van der Waals surface area contributed by atoms with Gasteiger partial charge < -0.3 is 19.6 Å². The Labute approximate surface area is 156 Å². The Kier molecular flexibility index (Phi) is 5.49. The van der Waals surface area contributed by atoms with Gasteiger partial charge in [-0.15, -0.1) is 0 Å². The molecule has 2 N–H and O–H groups in total. The predicted molar refractivity (Wildman–Crippen MR) is 101 cm³/mol. The van der Waals surface area contributed by atoms with Crippen LogP contribution in [0, 0.1) is 6.92 Å². The molecule has 0 bridgehead atoms. The topological polar surface area (TPSA) is 71.5 Å². The van der Waals surface area contributed by atoms with E-state index in [2.05, 4.69) is 4.98 Å². The van der Waals surface area contributed by atoms with Crippen LogP contribution in [0.2, 0.25) is 5.02 Å². The zero-order chi connectivity index (χ0) is 18.7. The molecule has 26 heavy (non-hydrogen) atoms. The third-order valence-corrected chi connectivity index (χ3v) is 4.62. The second-order valence-electron chi connectivity index (χ2n) is 6.10. The Hall–Kier alpha value is -2.50. The third kappa shape index (κ3) is 4.00. The molecule has 1 heterocycles. The van der Waals surface area contributed by atoms with Crippen LogP contribution < -0.4 is 4.74 Å². The maximum absolute atomic E-state index is 11.0. The quantitative estimate of drug-likeness (QED) is 0.638. The lowest BCUT2D eigenvalue weighted by atomic mass is 10.0. The van der Waals surface area contributed by atoms with E-state index in [1.165, 1.54) is 0 Å². The lowest BCUT2D eigenvalue weighted by Crippen LogP contribution is -2.15. The number of carboxylic acid groups (broad SMARTS) is 1. The van der Waals surface area contributed by atoms with E-state index < -0.39 is 12.1 Å². The molecule has 0 aliphatic rings. The lowest BCUT2D eigenvalue weighted by Gasteiger charge is -2.17. The van der Waals surface area contributed by atoms with Crippen molar-refractivity contribution in [3.05, 3.63) is 64.3 Å². The fourth-order valence-electron chi connectivity index (χ4n) is 3.03. The smallest absolute Gasteiger partial charge is 0.329 e. The molecule has 3 aromatic rings. The molecule has 0 amide bonds. The number of hydrogen-bond acceptors (Lipinski definition) is 3. The number of nitrogens with one attached hydrogen (secondary N) is 1. The van der Waals surface area contributed by atoms with E-state index in [9.17, 15) is 4.79 Å². The first-order valence-electron chi connectivity index (χ1n) is 8.22. The molecule has 0 saturated carbocycles. The highest BCUT2D eigenvalue weighted by atomic mass is 35.5. The number of carbonyl (C=O) groups is 1. The number of fused-ring (bicyclic) bond motifs is 1. The Morgan fingerprint density at radius 1 is 1.23 bits per heavy atom. The van der Waals surface area contributed by atoms with Crippen molar-refractivity contribution in [1.82, 2.24) is 4.98 Å². The van der Waals surface area contributed by atoms with Gasteiger partial charge in [0.1, 0.15) is 18.5 Å². The number of aliphatic carboxylic acids is 1. The number of aryl methyl sites for hydroxylation is 1. The number of benzene rings is 2. The SMILES string of the molecule is COc1ccc2[nH]c(C(Cc3ccc(Cl)cc3)OCC(=O)O)c(C)c2c1. The molecule has 0 saturated heterocycles. The van der Waals surface area contributed by atoms with Crippen LogP contribution in [0.4, 0.5) is 0 Å². The first-order valence-corrected chi connectivity index (χ1v) is 8.59. The van der Waals surface area contributed by atoms with E-state index >= 15 is 0 Å². The highest BCUT2D eigenvalue weighted by Gasteiger charge is 2.20. The molecule has 6 heteroatoms. The number of aromatic amines is 1. The molecule has 136 valence electrons. The lowest BCUT2D eigenvalue weighted by molar-refractivity contribution is -0.144. The fraction of sp³-hybridized carbons (Fsp3) is 0.250. The molecule has 0 radical (unpaired) electrons. The largest absolute Gasteiger partial charge is 0.497 e. The summed E-state index contributed by atoms with van der Waals surface area (Å²) in [5, 5.41) is 10.7. The van der Waals surface area contributed by atoms with Gasteiger partial charge in [-0.25, -0.2) is 4.79 Å². The minimum absolute atomic E-state index is 0.365. The van der Waals surface area contributed by atoms with Crippen molar-refractivity contribution in [3.8, 4) is 5.75 Å². The number of ether oxygens (including phenoxy) is 2. The van der Waals surface area contributed by atoms with Gasteiger partial charge in [-0.1, -0.05) is 23.7 Å². The summed E-state index contributed by atoms with van der Waals surface area (Å²) in [5.41, 5.74) is 3.85. The van der Waals surface area contributed by atoms with Crippen molar-refractivity contribution in [2.24, 2.45) is 0 Å². The first-order chi connectivity index (χ1) is 12.5. The Balaban J connectivity index is 1.97. The molecular formula is C20H20ClNO4. The van der Waals surface area contributed by atoms with Crippen molar-refractivity contribution in [3.63, 3.8) is 0 Å². The Morgan fingerprint density at radius 2 is 1.96 bits per heavy atom. The summed E-state index contributed by atoms with van der Waals surface area (Å²) in [5.74, 6) is -0.228. The molecule has 1 aromatic heterocycles. The minimum Gasteiger partial charge on any atom is -0.497 e. The zero-order valence-electron chi connectivity index (χ0n) is 14.6. The second kappa shape index (κ2) is 7.81. The highest BCUT2D eigenvalue weighted by molar-refractivity contribution is 6.30. The Morgan fingerprint density at radius 3 is 2.62 bits per heavy atom. The molecule has 3 rings (SSSR count). The third-order valence-electron chi connectivity index (χ3n) is 4.37. The van der Waals surface area contributed by atoms with Gasteiger partial charge >= 0.3 is 5.97 Å². The average molecular weight is 374 g/mol. The van der Waals surface area contributed by atoms with Crippen LogP contribution >= 0.6 is 11.6 Å². The van der Waals surface area contributed by atoms with Gasteiger partial charge in [0.2, 0.25) is 0 Å². The van der Waals surface area contributed by atoms with Gasteiger partial charge in [-0.3, -0.25) is 0 Å². The molecule has 5 nitrogen and oxygen atoms in total. The van der Waals surface area contributed by atoms with Crippen molar-refractivity contribution >= 4 is 28.5 Å². The average Bonchev–Trinajstić information content (AvgIpc) is 2.96. The normalized spacial score (nSPS) is 12.3. The number of aromatic nitrogens is 1. The standard InChI is InChI=1S/C20H20ClNO4/c1-12-16-10-15(25-2)7-8-17(16)22-20(12)18(26-11-19(23)24)9-13-3-5-14(21)6-4-13/h3-8,10,18,22H,9,11H2,1-2H3,(H,23,24). The van der Waals surface area contributed by atoms with Crippen molar-refractivity contribution < 1.29 is 19.4 Å². The molecule has 0 fully saturated rings. The van der Waals surface area contributed by atoms with E-state index in [0.717, 1.165) is 33.5 Å². The molecule has 0 aliphatic heterocycles. The number of halogens is 1. The van der Waals surface area contributed by atoms with Crippen LogP contribution in [0.5, 0.6) is 5.75 Å². The van der Waals surface area contributed by atoms with Gasteiger partial charge in [0.25, 0.3) is 0 Å². The van der Waals surface area contributed by atoms with E-state index in [1.807, 2.05) is 49.4 Å². The number of hydrogen-bond donors (Lipinski definition) is 2. The molecule has 2 aromatic carbocycles. The van der Waals surface area contributed by atoms with Crippen LogP contribution in [0.25, 0.3) is 10.9 Å². The molecule has 1 unspecified atom stereocenters. The summed E-state index contributed by atoms with van der Waals surface area (Å²) < 4.78 is 11.0. The van der Waals surface area contributed by atoms with E-state index in [-0.39, 0.29) is 6.61 Å². The van der Waals surface area contributed by atoms with Crippen LogP contribution in [-0.2, 0) is 16.0 Å². The van der Waals surface area contributed by atoms with Crippen molar-refractivity contribution in [1.29, 1.82) is 0 Å². The number of H-pyrrole nitrogens is 1. The molecule has 0 spiro atoms. The van der Waals surface area contributed by atoms with E-state index in [4.69, 9.17) is 26.2 Å². The first kappa shape index (κ1) is 18.3. The maximum atomic E-state index is 11.0. The van der Waals surface area contributed by atoms with E-state index in [1.54, 1.807) is 7.11 Å². The van der Waals surface area contributed by atoms with Crippen LogP contribution in [0.1, 0.15) is 22.9 Å². The highest BCUT2D eigenvalue weighted by Crippen LogP contribution is 2.32. The van der Waals surface area contributed by atoms with Gasteiger partial charge in [0.15, 0.2) is 0 Å². The molecular weight excluding hydrogens is 354 g/mol. The number of rotatable bonds is 7. The van der Waals surface area contributed by atoms with Crippen LogP contribution in [-0.4, -0.2) is 29.8 Å². The van der Waals surface area contributed by atoms with Gasteiger partial charge in [-0.05, 0) is 48.4 Å². The predicted octanol–water partition coefficient (Wildman–Crippen LogP) is 4.52. The second-order valence-corrected chi connectivity index (χ2v) is 6.54. The summed E-state index contributed by atoms with van der Waals surface area (Å²) in [6.07, 6.45) is 0.126. The Bertz CT molecular complexity index is 917. The van der Waals surface area contributed by atoms with Crippen LogP contribution in [0.15, 0.2) is 42.5 Å². The van der Waals surface area contributed by atoms with Crippen molar-refractivity contribution in [2.75, 3.05) is 13.7 Å². The van der Waals surface area contributed by atoms with Gasteiger partial charge in [0, 0.05) is 28.0 Å². The van der Waals surface area contributed by atoms with E-state index in [0.29, 0.717) is 11.4 Å². The zero-order valence-corrected chi connectivity index (χ0v) is 15.3. The maximum Gasteiger partial charge on any atom is 0.329 e. The summed E-state index contributed by atoms with van der Waals surface area (Å²) in [6, 6.07) is 13.2. The number of methoxy groups -OCH3 is 1. The molecule has 0 aliphatic carbocycles. The molecule has 1 atom stereocenters. The summed E-state index contributed by atoms with van der Waals surface area (Å²) >= 11 is 5.95. The summed E-state index contributed by atoms with van der Waals surface area (Å²) in [7, 11) is 1.63. The van der Waals surface area contributed by atoms with Gasteiger partial charge in [-0.2, -0.15) is 0 Å². The fourth-order valence-corrected chi connectivity index (χ4v) is 3.15.